The van der Waals surface area contributed by atoms with Crippen LogP contribution in [0.1, 0.15) is 12.5 Å². The van der Waals surface area contributed by atoms with Crippen LogP contribution in [-0.2, 0) is 10.1 Å². The average molecular weight is 413 g/mol. The van der Waals surface area contributed by atoms with Crippen molar-refractivity contribution in [3.05, 3.63) is 52.5 Å². The summed E-state index contributed by atoms with van der Waals surface area (Å²) < 4.78 is 41.0. The predicted octanol–water partition coefficient (Wildman–Crippen LogP) is 4.27. The molecule has 0 unspecified atom stereocenters. The Bertz CT molecular complexity index is 859. The third-order valence-electron chi connectivity index (χ3n) is 3.16. The van der Waals surface area contributed by atoms with Crippen molar-refractivity contribution in [2.75, 3.05) is 14.2 Å². The third-order valence-corrected chi connectivity index (χ3v) is 5.01. The Hall–Kier alpha value is -1.99. The smallest absolute Gasteiger partial charge is 0.339 e. The number of allylic oxidation sites excluding steroid dienone is 1. The molecular formula is C17H17BrO5S. The SMILES string of the molecule is C/C=C/c1ccc(OS(=O)(=O)c2ccc(OC)c(Br)c2)c(OC)c1. The van der Waals surface area contributed by atoms with Gasteiger partial charge >= 0.3 is 10.1 Å². The fourth-order valence-electron chi connectivity index (χ4n) is 2.02. The van der Waals surface area contributed by atoms with Gasteiger partial charge in [0.15, 0.2) is 11.5 Å². The normalized spacial score (nSPS) is 11.5. The van der Waals surface area contributed by atoms with Crippen LogP contribution in [0.4, 0.5) is 0 Å². The first-order valence-corrected chi connectivity index (χ1v) is 9.20. The quantitative estimate of drug-likeness (QED) is 0.662. The summed E-state index contributed by atoms with van der Waals surface area (Å²) in [5, 5.41) is 0. The molecule has 0 fully saturated rings. The largest absolute Gasteiger partial charge is 0.496 e. The van der Waals surface area contributed by atoms with Crippen LogP contribution in [0.3, 0.4) is 0 Å². The Morgan fingerprint density at radius 1 is 0.958 bits per heavy atom. The maximum absolute atomic E-state index is 12.5. The van der Waals surface area contributed by atoms with Crippen LogP contribution in [0, 0.1) is 0 Å². The second-order valence-electron chi connectivity index (χ2n) is 4.74. The number of halogens is 1. The van der Waals surface area contributed by atoms with Gasteiger partial charge in [-0.1, -0.05) is 18.2 Å². The Balaban J connectivity index is 2.37. The van der Waals surface area contributed by atoms with Gasteiger partial charge in [0.2, 0.25) is 0 Å². The fraction of sp³-hybridized carbons (Fsp3) is 0.176. The molecule has 0 bridgehead atoms. The average Bonchev–Trinajstić information content (AvgIpc) is 2.56. The monoisotopic (exact) mass is 412 g/mol. The van der Waals surface area contributed by atoms with E-state index in [1.54, 1.807) is 24.3 Å². The zero-order valence-corrected chi connectivity index (χ0v) is 15.8. The second kappa shape index (κ2) is 7.72. The van der Waals surface area contributed by atoms with Crippen LogP contribution < -0.4 is 13.7 Å². The first-order chi connectivity index (χ1) is 11.4. The van der Waals surface area contributed by atoms with Gasteiger partial charge < -0.3 is 13.7 Å². The van der Waals surface area contributed by atoms with Crippen LogP contribution in [0.2, 0.25) is 0 Å². The van der Waals surface area contributed by atoms with Gasteiger partial charge in [-0.05, 0) is 58.7 Å². The van der Waals surface area contributed by atoms with Gasteiger partial charge in [-0.2, -0.15) is 8.42 Å². The molecule has 2 aromatic rings. The van der Waals surface area contributed by atoms with Gasteiger partial charge in [-0.25, -0.2) is 0 Å². The standard InChI is InChI=1S/C17H17BrO5S/c1-4-5-12-6-8-16(17(10-12)22-3)23-24(19,20)13-7-9-15(21-2)14(18)11-13/h4-11H,1-3H3/b5-4+. The van der Waals surface area contributed by atoms with E-state index in [0.717, 1.165) is 5.56 Å². The molecule has 5 nitrogen and oxygen atoms in total. The van der Waals surface area contributed by atoms with Crippen molar-refractivity contribution in [1.29, 1.82) is 0 Å². The summed E-state index contributed by atoms with van der Waals surface area (Å²) in [4.78, 5) is 0.00904. The van der Waals surface area contributed by atoms with Crippen molar-refractivity contribution in [3.63, 3.8) is 0 Å². The molecule has 2 aromatic carbocycles. The maximum Gasteiger partial charge on any atom is 0.339 e. The van der Waals surface area contributed by atoms with Gasteiger partial charge in [-0.15, -0.1) is 0 Å². The molecule has 0 N–H and O–H groups in total. The number of hydrogen-bond acceptors (Lipinski definition) is 5. The van der Waals surface area contributed by atoms with E-state index in [1.807, 2.05) is 19.1 Å². The Morgan fingerprint density at radius 3 is 2.21 bits per heavy atom. The minimum atomic E-state index is -4.00. The van der Waals surface area contributed by atoms with Crippen molar-refractivity contribution in [3.8, 4) is 17.2 Å². The molecule has 0 aliphatic carbocycles. The Kier molecular flexibility index (Phi) is 5.90. The van der Waals surface area contributed by atoms with E-state index in [0.29, 0.717) is 16.0 Å². The van der Waals surface area contributed by atoms with E-state index < -0.39 is 10.1 Å². The van der Waals surface area contributed by atoms with E-state index in [4.69, 9.17) is 13.7 Å². The number of ether oxygens (including phenoxy) is 2. The topological polar surface area (TPSA) is 61.8 Å². The molecule has 24 heavy (non-hydrogen) atoms. The van der Waals surface area contributed by atoms with Crippen molar-refractivity contribution < 1.29 is 22.1 Å². The van der Waals surface area contributed by atoms with Gasteiger partial charge in [-0.3, -0.25) is 0 Å². The first-order valence-electron chi connectivity index (χ1n) is 7.00. The van der Waals surface area contributed by atoms with Crippen molar-refractivity contribution >= 4 is 32.1 Å². The lowest BCUT2D eigenvalue weighted by molar-refractivity contribution is 0.390. The van der Waals surface area contributed by atoms with Crippen LogP contribution >= 0.6 is 15.9 Å². The van der Waals surface area contributed by atoms with Crippen molar-refractivity contribution in [2.45, 2.75) is 11.8 Å². The lowest BCUT2D eigenvalue weighted by Gasteiger charge is -2.12. The minimum Gasteiger partial charge on any atom is -0.496 e. The maximum atomic E-state index is 12.5. The van der Waals surface area contributed by atoms with E-state index >= 15 is 0 Å². The molecule has 0 aliphatic rings. The summed E-state index contributed by atoms with van der Waals surface area (Å²) in [6, 6.07) is 9.40. The fourth-order valence-corrected chi connectivity index (χ4v) is 3.68. The summed E-state index contributed by atoms with van der Waals surface area (Å²) in [7, 11) is -1.04. The molecule has 0 saturated carbocycles. The molecule has 0 atom stereocenters. The highest BCUT2D eigenvalue weighted by atomic mass is 79.9. The zero-order valence-electron chi connectivity index (χ0n) is 13.4. The molecule has 0 radical (unpaired) electrons. The van der Waals surface area contributed by atoms with Gasteiger partial charge in [0.05, 0.1) is 18.7 Å². The predicted molar refractivity (Wildman–Crippen MR) is 96.2 cm³/mol. The van der Waals surface area contributed by atoms with Crippen LogP contribution in [0.25, 0.3) is 6.08 Å². The Morgan fingerprint density at radius 2 is 1.62 bits per heavy atom. The number of benzene rings is 2. The lowest BCUT2D eigenvalue weighted by Crippen LogP contribution is -2.10. The molecule has 128 valence electrons. The lowest BCUT2D eigenvalue weighted by atomic mass is 10.2. The van der Waals surface area contributed by atoms with E-state index in [-0.39, 0.29) is 10.6 Å². The second-order valence-corrected chi connectivity index (χ2v) is 7.14. The van der Waals surface area contributed by atoms with E-state index in [2.05, 4.69) is 15.9 Å². The zero-order chi connectivity index (χ0) is 17.7. The molecule has 0 spiro atoms. The van der Waals surface area contributed by atoms with Crippen molar-refractivity contribution in [2.24, 2.45) is 0 Å². The van der Waals surface area contributed by atoms with Crippen LogP contribution in [0.5, 0.6) is 17.2 Å². The van der Waals surface area contributed by atoms with E-state index in [1.165, 1.54) is 26.4 Å². The van der Waals surface area contributed by atoms with Crippen LogP contribution in [0.15, 0.2) is 51.8 Å². The third kappa shape index (κ3) is 4.10. The number of methoxy groups -OCH3 is 2. The highest BCUT2D eigenvalue weighted by molar-refractivity contribution is 9.10. The number of hydrogen-bond donors (Lipinski definition) is 0. The van der Waals surface area contributed by atoms with Crippen molar-refractivity contribution in [1.82, 2.24) is 0 Å². The molecule has 0 aliphatic heterocycles. The highest BCUT2D eigenvalue weighted by Crippen LogP contribution is 2.33. The molecule has 0 saturated heterocycles. The summed E-state index contributed by atoms with van der Waals surface area (Å²) in [6.07, 6.45) is 3.75. The van der Waals surface area contributed by atoms with Gasteiger partial charge in [0, 0.05) is 0 Å². The van der Waals surface area contributed by atoms with E-state index in [9.17, 15) is 8.42 Å². The first kappa shape index (κ1) is 18.4. The summed E-state index contributed by atoms with van der Waals surface area (Å²) in [5.41, 5.74) is 0.881. The summed E-state index contributed by atoms with van der Waals surface area (Å²) >= 11 is 3.26. The molecule has 2 rings (SSSR count). The van der Waals surface area contributed by atoms with Crippen LogP contribution in [-0.4, -0.2) is 22.6 Å². The number of rotatable bonds is 6. The Labute approximate surface area is 150 Å². The molecule has 0 heterocycles. The molecule has 0 amide bonds. The molecule has 0 aromatic heterocycles. The minimum absolute atomic E-state index is 0.00904. The summed E-state index contributed by atoms with van der Waals surface area (Å²) in [6.45, 7) is 1.89. The summed E-state index contributed by atoms with van der Waals surface area (Å²) in [5.74, 6) is 0.988. The van der Waals surface area contributed by atoms with Gasteiger partial charge in [0.1, 0.15) is 10.6 Å². The molecule has 7 heteroatoms. The molecular weight excluding hydrogens is 396 g/mol. The van der Waals surface area contributed by atoms with Gasteiger partial charge in [0.25, 0.3) is 0 Å². The highest BCUT2D eigenvalue weighted by Gasteiger charge is 2.20.